The lowest BCUT2D eigenvalue weighted by atomic mass is 10.2. The fraction of sp³-hybridized carbons (Fsp3) is 1.00. The predicted molar refractivity (Wildman–Crippen MR) is 43.1 cm³/mol. The molecule has 1 aliphatic rings. The molecule has 0 radical (unpaired) electrons. The van der Waals surface area contributed by atoms with Gasteiger partial charge in [-0.3, -0.25) is 0 Å². The lowest BCUT2D eigenvalue weighted by Gasteiger charge is -2.23. The van der Waals surface area contributed by atoms with Crippen LogP contribution in [0.5, 0.6) is 0 Å². The van der Waals surface area contributed by atoms with E-state index >= 15 is 0 Å². The first-order chi connectivity index (χ1) is 4.79. The summed E-state index contributed by atoms with van der Waals surface area (Å²) in [6, 6.07) is 0. The van der Waals surface area contributed by atoms with Crippen LogP contribution in [0.25, 0.3) is 0 Å². The SMILES string of the molecule is CC(S)OC1CCCCO1. The van der Waals surface area contributed by atoms with Crippen molar-refractivity contribution in [3.63, 3.8) is 0 Å². The van der Waals surface area contributed by atoms with Crippen molar-refractivity contribution in [2.24, 2.45) is 0 Å². The molecule has 1 heterocycles. The van der Waals surface area contributed by atoms with E-state index in [0.29, 0.717) is 0 Å². The molecule has 0 bridgehead atoms. The van der Waals surface area contributed by atoms with E-state index in [4.69, 9.17) is 9.47 Å². The van der Waals surface area contributed by atoms with Gasteiger partial charge in [-0.05, 0) is 26.2 Å². The van der Waals surface area contributed by atoms with Gasteiger partial charge >= 0.3 is 0 Å². The Morgan fingerprint density at radius 1 is 1.60 bits per heavy atom. The lowest BCUT2D eigenvalue weighted by molar-refractivity contribution is -0.166. The lowest BCUT2D eigenvalue weighted by Crippen LogP contribution is -2.24. The predicted octanol–water partition coefficient (Wildman–Crippen LogP) is 1.81. The number of ether oxygens (including phenoxy) is 2. The Balaban J connectivity index is 2.13. The van der Waals surface area contributed by atoms with Gasteiger partial charge in [-0.25, -0.2) is 0 Å². The van der Waals surface area contributed by atoms with Crippen molar-refractivity contribution in [2.45, 2.75) is 37.9 Å². The van der Waals surface area contributed by atoms with Crippen LogP contribution in [0.3, 0.4) is 0 Å². The van der Waals surface area contributed by atoms with Crippen molar-refractivity contribution in [1.82, 2.24) is 0 Å². The Morgan fingerprint density at radius 2 is 2.40 bits per heavy atom. The van der Waals surface area contributed by atoms with Crippen LogP contribution in [0.1, 0.15) is 26.2 Å². The highest BCUT2D eigenvalue weighted by Gasteiger charge is 2.14. The Bertz CT molecular complexity index is 89.6. The summed E-state index contributed by atoms with van der Waals surface area (Å²) in [6.45, 7) is 2.74. The van der Waals surface area contributed by atoms with Crippen molar-refractivity contribution in [3.05, 3.63) is 0 Å². The van der Waals surface area contributed by atoms with Crippen LogP contribution in [-0.4, -0.2) is 18.3 Å². The van der Waals surface area contributed by atoms with Crippen LogP contribution in [0.15, 0.2) is 0 Å². The van der Waals surface area contributed by atoms with E-state index in [1.807, 2.05) is 6.92 Å². The number of thiol groups is 1. The molecule has 1 fully saturated rings. The molecule has 0 N–H and O–H groups in total. The van der Waals surface area contributed by atoms with E-state index in [1.54, 1.807) is 0 Å². The fourth-order valence-corrected chi connectivity index (χ4v) is 1.17. The average Bonchev–Trinajstić information content (AvgIpc) is 1.88. The summed E-state index contributed by atoms with van der Waals surface area (Å²) in [7, 11) is 0. The summed E-state index contributed by atoms with van der Waals surface area (Å²) >= 11 is 4.11. The van der Waals surface area contributed by atoms with Gasteiger partial charge in [-0.2, -0.15) is 0 Å². The second kappa shape index (κ2) is 4.21. The minimum Gasteiger partial charge on any atom is -0.353 e. The minimum absolute atomic E-state index is 0.00116. The molecule has 10 heavy (non-hydrogen) atoms. The molecule has 1 aliphatic heterocycles. The summed E-state index contributed by atoms with van der Waals surface area (Å²) in [6.07, 6.45) is 3.40. The molecule has 2 nitrogen and oxygen atoms in total. The van der Waals surface area contributed by atoms with E-state index in [0.717, 1.165) is 13.0 Å². The molecule has 0 amide bonds. The molecular weight excluding hydrogens is 148 g/mol. The monoisotopic (exact) mass is 162 g/mol. The fourth-order valence-electron chi connectivity index (χ4n) is 1.04. The first kappa shape index (κ1) is 8.37. The average molecular weight is 162 g/mol. The summed E-state index contributed by atoms with van der Waals surface area (Å²) in [5.41, 5.74) is -0.0110. The largest absolute Gasteiger partial charge is 0.353 e. The van der Waals surface area contributed by atoms with E-state index in [-0.39, 0.29) is 11.7 Å². The van der Waals surface area contributed by atoms with E-state index in [1.165, 1.54) is 12.8 Å². The van der Waals surface area contributed by atoms with Gasteiger partial charge in [0.2, 0.25) is 0 Å². The topological polar surface area (TPSA) is 18.5 Å². The Kier molecular flexibility index (Phi) is 3.52. The van der Waals surface area contributed by atoms with Gasteiger partial charge in [0.25, 0.3) is 0 Å². The van der Waals surface area contributed by atoms with Gasteiger partial charge in [-0.1, -0.05) is 0 Å². The Morgan fingerprint density at radius 3 is 2.90 bits per heavy atom. The standard InChI is InChI=1S/C7H14O2S/c1-6(10)9-7-4-2-3-5-8-7/h6-7,10H,2-5H2,1H3. The third-order valence-electron chi connectivity index (χ3n) is 1.49. The van der Waals surface area contributed by atoms with Crippen LogP contribution < -0.4 is 0 Å². The van der Waals surface area contributed by atoms with Crippen LogP contribution in [0.2, 0.25) is 0 Å². The van der Waals surface area contributed by atoms with E-state index in [2.05, 4.69) is 12.6 Å². The van der Waals surface area contributed by atoms with Crippen LogP contribution in [-0.2, 0) is 9.47 Å². The maximum atomic E-state index is 5.33. The van der Waals surface area contributed by atoms with Gasteiger partial charge in [-0.15, -0.1) is 12.6 Å². The summed E-state index contributed by atoms with van der Waals surface area (Å²) in [5.74, 6) is 0. The molecule has 0 aromatic rings. The molecule has 60 valence electrons. The molecule has 0 aromatic heterocycles. The Hall–Kier alpha value is 0.270. The van der Waals surface area contributed by atoms with Gasteiger partial charge in [0.05, 0.1) is 0 Å². The molecule has 0 spiro atoms. The third kappa shape index (κ3) is 2.90. The molecule has 2 atom stereocenters. The molecule has 1 saturated heterocycles. The summed E-state index contributed by atoms with van der Waals surface area (Å²) < 4.78 is 10.7. The molecule has 0 aromatic carbocycles. The van der Waals surface area contributed by atoms with Gasteiger partial charge in [0.1, 0.15) is 5.44 Å². The zero-order valence-electron chi connectivity index (χ0n) is 6.25. The maximum absolute atomic E-state index is 5.33. The van der Waals surface area contributed by atoms with Crippen LogP contribution in [0, 0.1) is 0 Å². The second-order valence-corrected chi connectivity index (χ2v) is 3.26. The highest BCUT2D eigenvalue weighted by atomic mass is 32.1. The smallest absolute Gasteiger partial charge is 0.159 e. The van der Waals surface area contributed by atoms with Crippen LogP contribution in [0.4, 0.5) is 0 Å². The molecular formula is C7H14O2S. The van der Waals surface area contributed by atoms with Crippen molar-refractivity contribution < 1.29 is 9.47 Å². The summed E-state index contributed by atoms with van der Waals surface area (Å²) in [5, 5.41) is 0. The maximum Gasteiger partial charge on any atom is 0.159 e. The van der Waals surface area contributed by atoms with Crippen molar-refractivity contribution in [1.29, 1.82) is 0 Å². The first-order valence-electron chi connectivity index (χ1n) is 3.74. The normalized spacial score (nSPS) is 30.0. The Labute approximate surface area is 67.3 Å². The third-order valence-corrected chi connectivity index (χ3v) is 1.61. The van der Waals surface area contributed by atoms with E-state index in [9.17, 15) is 0 Å². The highest BCUT2D eigenvalue weighted by molar-refractivity contribution is 7.80. The molecule has 1 rings (SSSR count). The van der Waals surface area contributed by atoms with Crippen molar-refractivity contribution in [2.75, 3.05) is 6.61 Å². The number of hydrogen-bond donors (Lipinski definition) is 1. The molecule has 0 aliphatic carbocycles. The van der Waals surface area contributed by atoms with Gasteiger partial charge < -0.3 is 9.47 Å². The number of hydrogen-bond acceptors (Lipinski definition) is 3. The zero-order valence-corrected chi connectivity index (χ0v) is 7.14. The number of rotatable bonds is 2. The van der Waals surface area contributed by atoms with Crippen molar-refractivity contribution in [3.8, 4) is 0 Å². The summed E-state index contributed by atoms with van der Waals surface area (Å²) in [4.78, 5) is 0. The van der Waals surface area contributed by atoms with Crippen LogP contribution >= 0.6 is 12.6 Å². The minimum atomic E-state index is -0.0110. The zero-order chi connectivity index (χ0) is 7.40. The van der Waals surface area contributed by atoms with Crippen molar-refractivity contribution >= 4 is 12.6 Å². The van der Waals surface area contributed by atoms with E-state index < -0.39 is 0 Å². The second-order valence-electron chi connectivity index (χ2n) is 2.53. The quantitative estimate of drug-likeness (QED) is 0.493. The first-order valence-corrected chi connectivity index (χ1v) is 4.26. The van der Waals surface area contributed by atoms with Gasteiger partial charge in [0, 0.05) is 6.61 Å². The molecule has 3 heteroatoms. The van der Waals surface area contributed by atoms with Gasteiger partial charge in [0.15, 0.2) is 6.29 Å². The molecule has 2 unspecified atom stereocenters. The highest BCUT2D eigenvalue weighted by Crippen LogP contribution is 2.15. The molecule has 0 saturated carbocycles.